The number of nitriles is 1. The average molecular weight is 305 g/mol. The number of ether oxygens (including phenoxy) is 1. The van der Waals surface area contributed by atoms with E-state index >= 15 is 0 Å². The van der Waals surface area contributed by atoms with Crippen LogP contribution in [0.3, 0.4) is 0 Å². The molecule has 0 unspecified atom stereocenters. The molecule has 0 saturated heterocycles. The number of hydrogen-bond acceptors (Lipinski definition) is 3. The van der Waals surface area contributed by atoms with Gasteiger partial charge in [0.1, 0.15) is 23.4 Å². The zero-order valence-corrected chi connectivity index (χ0v) is 12.2. The quantitative estimate of drug-likeness (QED) is 0.898. The van der Waals surface area contributed by atoms with Crippen molar-refractivity contribution < 1.29 is 9.13 Å². The molecular formula is C16H14ClFN2O. The van der Waals surface area contributed by atoms with Crippen LogP contribution in [0.1, 0.15) is 18.1 Å². The summed E-state index contributed by atoms with van der Waals surface area (Å²) in [5, 5.41) is 12.4. The van der Waals surface area contributed by atoms with Gasteiger partial charge in [-0.25, -0.2) is 4.39 Å². The van der Waals surface area contributed by atoms with Crippen molar-refractivity contribution in [3.8, 4) is 17.6 Å². The van der Waals surface area contributed by atoms with E-state index in [9.17, 15) is 9.65 Å². The molecule has 0 spiro atoms. The molecule has 0 bridgehead atoms. The Morgan fingerprint density at radius 1 is 1.29 bits per heavy atom. The number of rotatable bonds is 5. The van der Waals surface area contributed by atoms with Gasteiger partial charge >= 0.3 is 0 Å². The van der Waals surface area contributed by atoms with Gasteiger partial charge in [-0.1, -0.05) is 24.6 Å². The van der Waals surface area contributed by atoms with Crippen LogP contribution < -0.4 is 10.1 Å². The second-order valence-corrected chi connectivity index (χ2v) is 4.81. The maximum absolute atomic E-state index is 13.4. The standard InChI is InChI=1S/C16H14ClFN2O/c1-2-20-10-11-3-6-16(12(7-11)9-19)21-13-4-5-14(17)15(18)8-13/h3-8,20H,2,10H2,1H3. The van der Waals surface area contributed by atoms with E-state index in [0.717, 1.165) is 12.1 Å². The third-order valence-corrected chi connectivity index (χ3v) is 3.17. The molecule has 0 atom stereocenters. The molecule has 0 aliphatic rings. The fourth-order valence-corrected chi connectivity index (χ4v) is 1.92. The van der Waals surface area contributed by atoms with Crippen molar-refractivity contribution in [3.05, 3.63) is 58.4 Å². The first-order valence-corrected chi connectivity index (χ1v) is 6.88. The van der Waals surface area contributed by atoms with E-state index in [0.29, 0.717) is 23.6 Å². The summed E-state index contributed by atoms with van der Waals surface area (Å²) in [4.78, 5) is 0. The Balaban J connectivity index is 2.23. The molecule has 2 rings (SSSR count). The van der Waals surface area contributed by atoms with E-state index in [2.05, 4.69) is 11.4 Å². The summed E-state index contributed by atoms with van der Waals surface area (Å²) in [6.45, 7) is 3.54. The van der Waals surface area contributed by atoms with Crippen molar-refractivity contribution in [1.29, 1.82) is 5.26 Å². The number of hydrogen-bond donors (Lipinski definition) is 1. The maximum Gasteiger partial charge on any atom is 0.145 e. The summed E-state index contributed by atoms with van der Waals surface area (Å²) in [6, 6.07) is 11.6. The van der Waals surface area contributed by atoms with Gasteiger partial charge in [0.2, 0.25) is 0 Å². The van der Waals surface area contributed by atoms with Crippen molar-refractivity contribution in [1.82, 2.24) is 5.32 Å². The predicted octanol–water partition coefficient (Wildman–Crippen LogP) is 4.25. The van der Waals surface area contributed by atoms with Crippen molar-refractivity contribution in [2.24, 2.45) is 0 Å². The molecule has 1 N–H and O–H groups in total. The van der Waals surface area contributed by atoms with Gasteiger partial charge in [-0.3, -0.25) is 0 Å². The Labute approximate surface area is 127 Å². The van der Waals surface area contributed by atoms with Crippen LogP contribution >= 0.6 is 11.6 Å². The van der Waals surface area contributed by atoms with E-state index < -0.39 is 5.82 Å². The van der Waals surface area contributed by atoms with E-state index in [4.69, 9.17) is 16.3 Å². The normalized spacial score (nSPS) is 10.2. The van der Waals surface area contributed by atoms with E-state index in [-0.39, 0.29) is 5.02 Å². The smallest absolute Gasteiger partial charge is 0.145 e. The molecule has 108 valence electrons. The molecule has 0 fully saturated rings. The lowest BCUT2D eigenvalue weighted by Crippen LogP contribution is -2.11. The molecule has 0 aliphatic carbocycles. The molecule has 0 aromatic heterocycles. The molecular weight excluding hydrogens is 291 g/mol. The lowest BCUT2D eigenvalue weighted by atomic mass is 10.1. The van der Waals surface area contributed by atoms with Crippen molar-refractivity contribution in [2.75, 3.05) is 6.54 Å². The van der Waals surface area contributed by atoms with E-state index in [1.807, 2.05) is 13.0 Å². The number of halogens is 2. The van der Waals surface area contributed by atoms with Gasteiger partial charge in [-0.2, -0.15) is 5.26 Å². The zero-order chi connectivity index (χ0) is 15.2. The summed E-state index contributed by atoms with van der Waals surface area (Å²) in [7, 11) is 0. The minimum Gasteiger partial charge on any atom is -0.456 e. The molecule has 3 nitrogen and oxygen atoms in total. The third-order valence-electron chi connectivity index (χ3n) is 2.86. The second kappa shape index (κ2) is 7.07. The fourth-order valence-electron chi connectivity index (χ4n) is 1.80. The summed E-state index contributed by atoms with van der Waals surface area (Å²) in [6.07, 6.45) is 0. The summed E-state index contributed by atoms with van der Waals surface area (Å²) in [5.41, 5.74) is 1.39. The lowest BCUT2D eigenvalue weighted by molar-refractivity contribution is 0.475. The summed E-state index contributed by atoms with van der Waals surface area (Å²) in [5.74, 6) is 0.128. The molecule has 21 heavy (non-hydrogen) atoms. The van der Waals surface area contributed by atoms with Crippen LogP contribution in [0.15, 0.2) is 36.4 Å². The number of benzene rings is 2. The Kier molecular flexibility index (Phi) is 5.15. The highest BCUT2D eigenvalue weighted by Crippen LogP contribution is 2.28. The third kappa shape index (κ3) is 3.94. The molecule has 0 amide bonds. The first kappa shape index (κ1) is 15.3. The van der Waals surface area contributed by atoms with Gasteiger partial charge in [0.05, 0.1) is 10.6 Å². The number of nitrogens with zero attached hydrogens (tertiary/aromatic N) is 1. The van der Waals surface area contributed by atoms with Gasteiger partial charge < -0.3 is 10.1 Å². The highest BCUT2D eigenvalue weighted by molar-refractivity contribution is 6.30. The van der Waals surface area contributed by atoms with E-state index in [1.165, 1.54) is 12.1 Å². The average Bonchev–Trinajstić information content (AvgIpc) is 2.50. The first-order valence-electron chi connectivity index (χ1n) is 6.50. The summed E-state index contributed by atoms with van der Waals surface area (Å²) >= 11 is 5.62. The molecule has 0 saturated carbocycles. The van der Waals surface area contributed by atoms with Crippen LogP contribution in [0.5, 0.6) is 11.5 Å². The molecule has 0 radical (unpaired) electrons. The Morgan fingerprint density at radius 2 is 2.10 bits per heavy atom. The van der Waals surface area contributed by atoms with Crippen LogP contribution in [0.25, 0.3) is 0 Å². The molecule has 0 aliphatic heterocycles. The van der Waals surface area contributed by atoms with Crippen LogP contribution in [0.4, 0.5) is 4.39 Å². The molecule has 5 heteroatoms. The molecule has 2 aromatic carbocycles. The lowest BCUT2D eigenvalue weighted by Gasteiger charge is -2.10. The van der Waals surface area contributed by atoms with Crippen LogP contribution in [-0.4, -0.2) is 6.54 Å². The minimum absolute atomic E-state index is 0.0313. The van der Waals surface area contributed by atoms with Crippen LogP contribution in [-0.2, 0) is 6.54 Å². The Hall–Kier alpha value is -2.09. The van der Waals surface area contributed by atoms with Crippen molar-refractivity contribution in [2.45, 2.75) is 13.5 Å². The monoisotopic (exact) mass is 304 g/mol. The van der Waals surface area contributed by atoms with Crippen LogP contribution in [0.2, 0.25) is 5.02 Å². The van der Waals surface area contributed by atoms with Gasteiger partial charge in [-0.05, 0) is 36.4 Å². The molecule has 0 heterocycles. The molecule has 2 aromatic rings. The summed E-state index contributed by atoms with van der Waals surface area (Å²) < 4.78 is 18.9. The van der Waals surface area contributed by atoms with Gasteiger partial charge in [0, 0.05) is 12.6 Å². The SMILES string of the molecule is CCNCc1ccc(Oc2ccc(Cl)c(F)c2)c(C#N)c1. The Bertz CT molecular complexity index is 682. The highest BCUT2D eigenvalue weighted by Gasteiger charge is 2.08. The van der Waals surface area contributed by atoms with E-state index in [1.54, 1.807) is 18.2 Å². The zero-order valence-electron chi connectivity index (χ0n) is 11.5. The van der Waals surface area contributed by atoms with Gasteiger partial charge in [0.25, 0.3) is 0 Å². The van der Waals surface area contributed by atoms with Crippen molar-refractivity contribution in [3.63, 3.8) is 0 Å². The van der Waals surface area contributed by atoms with Crippen LogP contribution in [0, 0.1) is 17.1 Å². The second-order valence-electron chi connectivity index (χ2n) is 4.40. The predicted molar refractivity (Wildman–Crippen MR) is 80.0 cm³/mol. The maximum atomic E-state index is 13.4. The van der Waals surface area contributed by atoms with Gasteiger partial charge in [0.15, 0.2) is 0 Å². The first-order chi connectivity index (χ1) is 10.1. The van der Waals surface area contributed by atoms with Crippen molar-refractivity contribution >= 4 is 11.6 Å². The largest absolute Gasteiger partial charge is 0.456 e. The number of nitrogens with one attached hydrogen (secondary N) is 1. The Morgan fingerprint density at radius 3 is 2.76 bits per heavy atom. The topological polar surface area (TPSA) is 45.0 Å². The minimum atomic E-state index is -0.559. The fraction of sp³-hybridized carbons (Fsp3) is 0.188. The van der Waals surface area contributed by atoms with Gasteiger partial charge in [-0.15, -0.1) is 0 Å². The highest BCUT2D eigenvalue weighted by atomic mass is 35.5.